The molecule has 380 valence electrons. The Morgan fingerprint density at radius 3 is 2.33 bits per heavy atom. The number of hydrogen-bond acceptors (Lipinski definition) is 11. The predicted molar refractivity (Wildman–Crippen MR) is 275 cm³/mol. The number of benzene rings is 1. The average Bonchev–Trinajstić information content (AvgIpc) is 4.05. The molecule has 2 saturated carbocycles. The Balaban J connectivity index is 0.699. The number of nitrogens with one attached hydrogen (secondary N) is 2. The topological polar surface area (TPSA) is 169 Å². The van der Waals surface area contributed by atoms with E-state index in [1.165, 1.54) is 19.3 Å². The van der Waals surface area contributed by atoms with Crippen molar-refractivity contribution in [2.75, 3.05) is 67.5 Å². The molecule has 72 heavy (non-hydrogen) atoms. The highest BCUT2D eigenvalue weighted by molar-refractivity contribution is 6.09. The van der Waals surface area contributed by atoms with Crippen LogP contribution in [-0.2, 0) is 29.4 Å². The molecule has 5 saturated heterocycles. The van der Waals surface area contributed by atoms with Gasteiger partial charge in [0.2, 0.25) is 29.5 Å². The zero-order valence-electron chi connectivity index (χ0n) is 42.2. The summed E-state index contributed by atoms with van der Waals surface area (Å²) in [4.78, 5) is 93.3. The predicted octanol–water partition coefficient (Wildman–Crippen LogP) is 6.94. The maximum Gasteiger partial charge on any atom is 0.238 e. The minimum absolute atomic E-state index is 0.0638. The van der Waals surface area contributed by atoms with Gasteiger partial charge in [0.15, 0.2) is 5.82 Å². The van der Waals surface area contributed by atoms with E-state index >= 15 is 4.79 Å². The summed E-state index contributed by atoms with van der Waals surface area (Å²) in [6.07, 6.45) is 17.5. The lowest BCUT2D eigenvalue weighted by Crippen LogP contribution is -2.58. The summed E-state index contributed by atoms with van der Waals surface area (Å²) in [5.74, 6) is 1.42. The molecule has 2 atom stereocenters. The highest BCUT2D eigenvalue weighted by Crippen LogP contribution is 2.52. The van der Waals surface area contributed by atoms with Crippen molar-refractivity contribution < 1.29 is 24.0 Å². The van der Waals surface area contributed by atoms with Crippen LogP contribution >= 0.6 is 0 Å². The molecule has 5 amide bonds. The number of imide groups is 1. The van der Waals surface area contributed by atoms with Crippen LogP contribution < -0.4 is 20.4 Å². The van der Waals surface area contributed by atoms with Gasteiger partial charge < -0.3 is 34.4 Å². The van der Waals surface area contributed by atoms with Crippen LogP contribution in [0.4, 0.5) is 17.3 Å². The molecule has 6 aliphatic heterocycles. The normalized spacial score (nSPS) is 26.1. The number of amides is 5. The number of pyridine rings is 2. The van der Waals surface area contributed by atoms with E-state index in [-0.39, 0.29) is 59.4 Å². The van der Waals surface area contributed by atoms with Gasteiger partial charge in [0.25, 0.3) is 0 Å². The number of nitrogens with zero attached hydrogens (tertiary/aromatic N) is 9. The van der Waals surface area contributed by atoms with E-state index in [0.717, 1.165) is 135 Å². The zero-order chi connectivity index (χ0) is 49.3. The molecule has 2 N–H and O–H groups in total. The van der Waals surface area contributed by atoms with Crippen LogP contribution in [0.2, 0.25) is 0 Å². The fourth-order valence-corrected chi connectivity index (χ4v) is 13.4. The third kappa shape index (κ3) is 8.82. The molecule has 2 aliphatic carbocycles. The van der Waals surface area contributed by atoms with Crippen LogP contribution in [0, 0.1) is 11.8 Å². The Hall–Kier alpha value is -5.90. The number of hydrogen-bond donors (Lipinski definition) is 2. The van der Waals surface area contributed by atoms with Gasteiger partial charge in [-0.05, 0) is 146 Å². The number of fused-ring (bicyclic) bond motifs is 3. The molecule has 1 unspecified atom stereocenters. The number of likely N-dealkylation sites (tertiary alicyclic amines) is 3. The minimum atomic E-state index is -0.675. The Morgan fingerprint density at radius 2 is 1.61 bits per heavy atom. The van der Waals surface area contributed by atoms with Crippen LogP contribution in [0.25, 0.3) is 22.3 Å². The summed E-state index contributed by atoms with van der Waals surface area (Å²) >= 11 is 0. The number of aromatic nitrogens is 4. The van der Waals surface area contributed by atoms with E-state index in [2.05, 4.69) is 73.0 Å². The van der Waals surface area contributed by atoms with E-state index in [4.69, 9.17) is 9.97 Å². The summed E-state index contributed by atoms with van der Waals surface area (Å²) in [5.41, 5.74) is 6.04. The first-order valence-electron chi connectivity index (χ1n) is 27.5. The second kappa shape index (κ2) is 19.2. The summed E-state index contributed by atoms with van der Waals surface area (Å²) < 4.78 is 2.20. The molecule has 16 nitrogen and oxygen atoms in total. The molecular weight excluding hydrogens is 907 g/mol. The van der Waals surface area contributed by atoms with Crippen LogP contribution in [0.5, 0.6) is 0 Å². The van der Waals surface area contributed by atoms with Gasteiger partial charge in [0.1, 0.15) is 11.3 Å². The van der Waals surface area contributed by atoms with Gasteiger partial charge in [-0.25, -0.2) is 15.0 Å². The number of carbonyl (C=O) groups excluding carboxylic acids is 5. The first-order chi connectivity index (χ1) is 35.0. The molecular formula is C56H71N11O5. The van der Waals surface area contributed by atoms with E-state index in [9.17, 15) is 19.2 Å². The van der Waals surface area contributed by atoms with E-state index in [1.54, 1.807) is 6.20 Å². The molecule has 4 aromatic rings. The molecule has 1 aromatic carbocycles. The van der Waals surface area contributed by atoms with Crippen LogP contribution in [0.3, 0.4) is 0 Å². The SMILES string of the molecule is CC(C)n1cnc2cc(-c3ccc4c(c3)N([C@H]3C[C@@H](N5CCCCC5)C3)C(=O)C43CCN(C(=O)C[C@@H]4CCCN(C(=O)C5CCN(c6ccc(C7CCC(=O)NC7=O)cn6)CC5)C4)CC3)nc(NC3CC3)c21. The molecule has 16 heteroatoms. The highest BCUT2D eigenvalue weighted by Gasteiger charge is 2.56. The van der Waals surface area contributed by atoms with Gasteiger partial charge >= 0.3 is 0 Å². The number of rotatable bonds is 11. The monoisotopic (exact) mass is 978 g/mol. The fraction of sp³-hybridized carbons (Fsp3) is 0.607. The van der Waals surface area contributed by atoms with Crippen molar-refractivity contribution in [3.63, 3.8) is 0 Å². The van der Waals surface area contributed by atoms with Gasteiger partial charge in [-0.15, -0.1) is 0 Å². The van der Waals surface area contributed by atoms with Crippen molar-refractivity contribution in [3.8, 4) is 11.3 Å². The van der Waals surface area contributed by atoms with Crippen molar-refractivity contribution in [1.29, 1.82) is 0 Å². The van der Waals surface area contributed by atoms with E-state index in [1.807, 2.05) is 28.3 Å². The number of piperidine rings is 5. The van der Waals surface area contributed by atoms with Gasteiger partial charge in [-0.3, -0.25) is 29.3 Å². The van der Waals surface area contributed by atoms with E-state index in [0.29, 0.717) is 63.8 Å². The summed E-state index contributed by atoms with van der Waals surface area (Å²) in [5, 5.41) is 6.14. The third-order valence-corrected chi connectivity index (χ3v) is 17.9. The molecule has 8 aliphatic rings. The van der Waals surface area contributed by atoms with Crippen molar-refractivity contribution >= 4 is 57.9 Å². The standard InChI is InChI=1S/C56H71N11O5/c1-35(2)66-34-58-46-31-45(60-52(51(46)66)59-40-10-11-40)38-8-13-44-47(28-38)67(42-29-41(30-42)62-20-4-3-5-21-62)55(72)56(44)18-25-64(26-19-56)50(69)27-36-7-6-22-65(33-36)54(71)37-16-23-63(24-17-37)48-14-9-39(32-57-48)43-12-15-49(68)61-53(43)70/h8-9,13-14,28,31-32,34-37,40-43H,3-7,10-12,15-27,29-30,33H2,1-2H3,(H,59,60)(H,61,68,70)/t36-,41-,42+,43?/m0/s1. The molecule has 1 spiro atoms. The lowest BCUT2D eigenvalue weighted by Gasteiger charge is -2.48. The minimum Gasteiger partial charge on any atom is -0.366 e. The maximum atomic E-state index is 15.2. The average molecular weight is 978 g/mol. The Kier molecular flexibility index (Phi) is 12.6. The lowest BCUT2D eigenvalue weighted by molar-refractivity contribution is -0.141. The number of anilines is 3. The molecule has 0 radical (unpaired) electrons. The van der Waals surface area contributed by atoms with Gasteiger partial charge in [0, 0.05) is 99.6 Å². The Bertz CT molecular complexity index is 2740. The quantitative estimate of drug-likeness (QED) is 0.150. The second-order valence-electron chi connectivity index (χ2n) is 22.8. The van der Waals surface area contributed by atoms with Crippen LogP contribution in [0.15, 0.2) is 48.9 Å². The fourth-order valence-electron chi connectivity index (χ4n) is 13.4. The first kappa shape index (κ1) is 47.1. The number of imidazole rings is 1. The largest absolute Gasteiger partial charge is 0.366 e. The highest BCUT2D eigenvalue weighted by atomic mass is 16.2. The summed E-state index contributed by atoms with van der Waals surface area (Å²) in [6.45, 7) is 10.5. The van der Waals surface area contributed by atoms with Gasteiger partial charge in [0.05, 0.1) is 28.9 Å². The Morgan fingerprint density at radius 1 is 0.819 bits per heavy atom. The van der Waals surface area contributed by atoms with Gasteiger partial charge in [-0.1, -0.05) is 24.6 Å². The van der Waals surface area contributed by atoms with Crippen LogP contribution in [-0.4, -0.2) is 134 Å². The third-order valence-electron chi connectivity index (χ3n) is 17.9. The smallest absolute Gasteiger partial charge is 0.238 e. The maximum absolute atomic E-state index is 15.2. The molecule has 3 aromatic heterocycles. The van der Waals surface area contributed by atoms with Crippen LogP contribution in [0.1, 0.15) is 140 Å². The molecule has 9 heterocycles. The second-order valence-corrected chi connectivity index (χ2v) is 22.8. The van der Waals surface area contributed by atoms with Gasteiger partial charge in [-0.2, -0.15) is 0 Å². The molecule has 7 fully saturated rings. The number of carbonyl (C=O) groups is 5. The Labute approximate surface area is 422 Å². The molecule has 0 bridgehead atoms. The van der Waals surface area contributed by atoms with Crippen molar-refractivity contribution in [2.24, 2.45) is 11.8 Å². The first-order valence-corrected chi connectivity index (χ1v) is 27.5. The lowest BCUT2D eigenvalue weighted by atomic mass is 9.73. The molecule has 12 rings (SSSR count). The van der Waals surface area contributed by atoms with Crippen molar-refractivity contribution in [1.82, 2.24) is 39.5 Å². The zero-order valence-corrected chi connectivity index (χ0v) is 42.2. The van der Waals surface area contributed by atoms with Crippen molar-refractivity contribution in [2.45, 2.75) is 152 Å². The van der Waals surface area contributed by atoms with E-state index < -0.39 is 5.41 Å². The summed E-state index contributed by atoms with van der Waals surface area (Å²) in [6, 6.07) is 13.9. The summed E-state index contributed by atoms with van der Waals surface area (Å²) in [7, 11) is 0. The van der Waals surface area contributed by atoms with Crippen molar-refractivity contribution in [3.05, 3.63) is 60.0 Å².